The van der Waals surface area contributed by atoms with Crippen molar-refractivity contribution in [3.8, 4) is 0 Å². The standard InChI is InChI=1S/C14H15F2NO3/c15-8-5-6-9(11(16)7-8)13(18)17-12-4-2-1-3-10(12)14(19)20/h5-7,10,12H,1-4H2,(H,17,18)(H,19,20). The summed E-state index contributed by atoms with van der Waals surface area (Å²) in [5.74, 6) is -4.04. The number of aliphatic carboxylic acids is 1. The van der Waals surface area contributed by atoms with Gasteiger partial charge in [-0.25, -0.2) is 8.78 Å². The number of hydrogen-bond acceptors (Lipinski definition) is 2. The fourth-order valence-corrected chi connectivity index (χ4v) is 2.52. The quantitative estimate of drug-likeness (QED) is 0.894. The minimum atomic E-state index is -0.963. The summed E-state index contributed by atoms with van der Waals surface area (Å²) in [6.45, 7) is 0. The molecule has 4 nitrogen and oxygen atoms in total. The summed E-state index contributed by atoms with van der Waals surface area (Å²) >= 11 is 0. The smallest absolute Gasteiger partial charge is 0.308 e. The topological polar surface area (TPSA) is 66.4 Å². The average molecular weight is 283 g/mol. The van der Waals surface area contributed by atoms with E-state index in [4.69, 9.17) is 5.11 Å². The van der Waals surface area contributed by atoms with Gasteiger partial charge in [-0.15, -0.1) is 0 Å². The fraction of sp³-hybridized carbons (Fsp3) is 0.429. The van der Waals surface area contributed by atoms with E-state index in [0.29, 0.717) is 18.9 Å². The molecule has 0 spiro atoms. The Morgan fingerprint density at radius 1 is 1.20 bits per heavy atom. The van der Waals surface area contributed by atoms with Crippen LogP contribution >= 0.6 is 0 Å². The summed E-state index contributed by atoms with van der Waals surface area (Å²) < 4.78 is 26.3. The third-order valence-corrected chi connectivity index (χ3v) is 3.58. The second kappa shape index (κ2) is 5.98. The van der Waals surface area contributed by atoms with Crippen LogP contribution < -0.4 is 5.32 Å². The molecule has 0 saturated heterocycles. The Labute approximate surface area is 114 Å². The molecule has 1 aliphatic rings. The van der Waals surface area contributed by atoms with Gasteiger partial charge in [0.15, 0.2) is 0 Å². The van der Waals surface area contributed by atoms with Crippen molar-refractivity contribution >= 4 is 11.9 Å². The number of rotatable bonds is 3. The van der Waals surface area contributed by atoms with Crippen molar-refractivity contribution in [3.05, 3.63) is 35.4 Å². The third-order valence-electron chi connectivity index (χ3n) is 3.58. The van der Waals surface area contributed by atoms with Crippen LogP contribution in [0.4, 0.5) is 8.78 Å². The van der Waals surface area contributed by atoms with Crippen molar-refractivity contribution < 1.29 is 23.5 Å². The molecule has 2 rings (SSSR count). The first-order valence-corrected chi connectivity index (χ1v) is 6.48. The molecule has 108 valence electrons. The summed E-state index contributed by atoms with van der Waals surface area (Å²) in [5, 5.41) is 11.7. The highest BCUT2D eigenvalue weighted by atomic mass is 19.1. The van der Waals surface area contributed by atoms with Crippen LogP contribution in [0.2, 0.25) is 0 Å². The zero-order valence-electron chi connectivity index (χ0n) is 10.7. The van der Waals surface area contributed by atoms with Crippen LogP contribution in [0.3, 0.4) is 0 Å². The maximum atomic E-state index is 13.5. The lowest BCUT2D eigenvalue weighted by Crippen LogP contribution is -2.45. The summed E-state index contributed by atoms with van der Waals surface area (Å²) in [7, 11) is 0. The number of amides is 1. The highest BCUT2D eigenvalue weighted by Gasteiger charge is 2.32. The molecule has 6 heteroatoms. The molecule has 1 fully saturated rings. The monoisotopic (exact) mass is 283 g/mol. The molecule has 0 heterocycles. The molecule has 2 N–H and O–H groups in total. The van der Waals surface area contributed by atoms with Crippen molar-refractivity contribution in [1.29, 1.82) is 0 Å². The lowest BCUT2D eigenvalue weighted by molar-refractivity contribution is -0.143. The van der Waals surface area contributed by atoms with E-state index >= 15 is 0 Å². The van der Waals surface area contributed by atoms with E-state index in [1.807, 2.05) is 0 Å². The lowest BCUT2D eigenvalue weighted by Gasteiger charge is -2.29. The molecule has 1 aliphatic carbocycles. The molecule has 0 bridgehead atoms. The van der Waals surface area contributed by atoms with Crippen LogP contribution in [0.5, 0.6) is 0 Å². The molecule has 0 aliphatic heterocycles. The van der Waals surface area contributed by atoms with Gasteiger partial charge >= 0.3 is 5.97 Å². The first-order chi connectivity index (χ1) is 9.49. The van der Waals surface area contributed by atoms with Crippen molar-refractivity contribution in [2.24, 2.45) is 5.92 Å². The van der Waals surface area contributed by atoms with E-state index < -0.39 is 35.5 Å². The number of carboxylic acid groups (broad SMARTS) is 1. The Balaban J connectivity index is 2.11. The zero-order valence-corrected chi connectivity index (χ0v) is 10.7. The minimum Gasteiger partial charge on any atom is -0.481 e. The van der Waals surface area contributed by atoms with Crippen molar-refractivity contribution in [3.63, 3.8) is 0 Å². The third kappa shape index (κ3) is 3.12. The molecule has 1 aromatic rings. The van der Waals surface area contributed by atoms with Gasteiger partial charge in [0.1, 0.15) is 11.6 Å². The van der Waals surface area contributed by atoms with Crippen LogP contribution in [-0.4, -0.2) is 23.0 Å². The highest BCUT2D eigenvalue weighted by Crippen LogP contribution is 2.25. The molecule has 2 atom stereocenters. The van der Waals surface area contributed by atoms with Crippen LogP contribution in [0, 0.1) is 17.6 Å². The number of carboxylic acids is 1. The van der Waals surface area contributed by atoms with E-state index in [1.54, 1.807) is 0 Å². The van der Waals surface area contributed by atoms with E-state index in [1.165, 1.54) is 0 Å². The van der Waals surface area contributed by atoms with Gasteiger partial charge in [0.25, 0.3) is 5.91 Å². The maximum Gasteiger partial charge on any atom is 0.308 e. The van der Waals surface area contributed by atoms with Gasteiger partial charge in [-0.2, -0.15) is 0 Å². The van der Waals surface area contributed by atoms with Crippen molar-refractivity contribution in [2.45, 2.75) is 31.7 Å². The fourth-order valence-electron chi connectivity index (χ4n) is 2.52. The molecule has 1 amide bonds. The van der Waals surface area contributed by atoms with Crippen LogP contribution in [0.15, 0.2) is 18.2 Å². The Morgan fingerprint density at radius 2 is 1.90 bits per heavy atom. The average Bonchev–Trinajstić information content (AvgIpc) is 2.38. The van der Waals surface area contributed by atoms with E-state index in [-0.39, 0.29) is 5.56 Å². The van der Waals surface area contributed by atoms with Gasteiger partial charge in [0.05, 0.1) is 11.5 Å². The SMILES string of the molecule is O=C(NC1CCCCC1C(=O)O)c1ccc(F)cc1F. The summed E-state index contributed by atoms with van der Waals surface area (Å²) in [5.41, 5.74) is -0.277. The zero-order chi connectivity index (χ0) is 14.7. The molecular formula is C14H15F2NO3. The Hall–Kier alpha value is -1.98. The van der Waals surface area contributed by atoms with E-state index in [2.05, 4.69) is 5.32 Å². The Morgan fingerprint density at radius 3 is 2.55 bits per heavy atom. The molecule has 1 saturated carbocycles. The molecule has 20 heavy (non-hydrogen) atoms. The number of hydrogen-bond donors (Lipinski definition) is 2. The lowest BCUT2D eigenvalue weighted by atomic mass is 9.84. The van der Waals surface area contributed by atoms with E-state index in [9.17, 15) is 18.4 Å². The van der Waals surface area contributed by atoms with Gasteiger partial charge in [-0.1, -0.05) is 12.8 Å². The first-order valence-electron chi connectivity index (χ1n) is 6.48. The molecule has 1 aromatic carbocycles. The largest absolute Gasteiger partial charge is 0.481 e. The highest BCUT2D eigenvalue weighted by molar-refractivity contribution is 5.95. The maximum absolute atomic E-state index is 13.5. The minimum absolute atomic E-state index is 0.277. The molecule has 0 radical (unpaired) electrons. The van der Waals surface area contributed by atoms with Crippen molar-refractivity contribution in [2.75, 3.05) is 0 Å². The van der Waals surface area contributed by atoms with Crippen molar-refractivity contribution in [1.82, 2.24) is 5.32 Å². The molecule has 0 aromatic heterocycles. The summed E-state index contributed by atoms with van der Waals surface area (Å²) in [6, 6.07) is 2.16. The Kier molecular flexibility index (Phi) is 4.32. The predicted molar refractivity (Wildman–Crippen MR) is 67.2 cm³/mol. The van der Waals surface area contributed by atoms with Gasteiger partial charge in [-0.05, 0) is 25.0 Å². The number of halogens is 2. The van der Waals surface area contributed by atoms with Gasteiger partial charge in [-0.3, -0.25) is 9.59 Å². The van der Waals surface area contributed by atoms with Gasteiger partial charge in [0, 0.05) is 12.1 Å². The second-order valence-corrected chi connectivity index (χ2v) is 4.93. The summed E-state index contributed by atoms with van der Waals surface area (Å²) in [4.78, 5) is 23.1. The first kappa shape index (κ1) is 14.4. The van der Waals surface area contributed by atoms with Crippen LogP contribution in [0.1, 0.15) is 36.0 Å². The predicted octanol–water partition coefficient (Wildman–Crippen LogP) is 2.34. The number of nitrogens with one attached hydrogen (secondary N) is 1. The molecule has 2 unspecified atom stereocenters. The number of carbonyl (C=O) groups is 2. The summed E-state index contributed by atoms with van der Waals surface area (Å²) in [6.07, 6.45) is 2.66. The molecular weight excluding hydrogens is 268 g/mol. The van der Waals surface area contributed by atoms with Gasteiger partial charge in [0.2, 0.25) is 0 Å². The van der Waals surface area contributed by atoms with Gasteiger partial charge < -0.3 is 10.4 Å². The van der Waals surface area contributed by atoms with Crippen LogP contribution in [-0.2, 0) is 4.79 Å². The number of benzene rings is 1. The normalized spacial score (nSPS) is 22.3. The number of carbonyl (C=O) groups excluding carboxylic acids is 1. The van der Waals surface area contributed by atoms with E-state index in [0.717, 1.165) is 25.0 Å². The Bertz CT molecular complexity index is 533. The second-order valence-electron chi connectivity index (χ2n) is 4.93. The van der Waals surface area contributed by atoms with Crippen LogP contribution in [0.25, 0.3) is 0 Å².